The topological polar surface area (TPSA) is 0 Å². The Bertz CT molecular complexity index is 599. The lowest BCUT2D eigenvalue weighted by Crippen LogP contribution is -2.33. The minimum Gasteiger partial charge on any atom is -0.0625 e. The lowest BCUT2D eigenvalue weighted by molar-refractivity contribution is 0.118. The van der Waals surface area contributed by atoms with Gasteiger partial charge in [-0.25, -0.2) is 0 Å². The molecule has 30 heavy (non-hydrogen) atoms. The van der Waals surface area contributed by atoms with Crippen LogP contribution in [0.25, 0.3) is 0 Å². The normalized spacial score (nSPS) is 34.9. The van der Waals surface area contributed by atoms with E-state index in [2.05, 4.69) is 79.7 Å². The van der Waals surface area contributed by atoms with Crippen LogP contribution < -0.4 is 0 Å². The van der Waals surface area contributed by atoms with Gasteiger partial charge in [-0.2, -0.15) is 0 Å². The van der Waals surface area contributed by atoms with Crippen molar-refractivity contribution in [2.45, 2.75) is 106 Å². The van der Waals surface area contributed by atoms with Crippen LogP contribution >= 0.6 is 0 Å². The van der Waals surface area contributed by atoms with E-state index in [1.165, 1.54) is 38.5 Å². The molecule has 0 aliphatic heterocycles. The van der Waals surface area contributed by atoms with Crippen molar-refractivity contribution in [3.8, 4) is 0 Å². The third kappa shape index (κ3) is 5.16. The molecule has 2 saturated carbocycles. The Morgan fingerprint density at radius 3 is 1.27 bits per heavy atom. The Balaban J connectivity index is 1.91. The van der Waals surface area contributed by atoms with E-state index in [0.717, 1.165) is 47.3 Å². The van der Waals surface area contributed by atoms with Gasteiger partial charge in [0.05, 0.1) is 0 Å². The van der Waals surface area contributed by atoms with Crippen LogP contribution in [0.5, 0.6) is 0 Å². The van der Waals surface area contributed by atoms with E-state index in [-0.39, 0.29) is 0 Å². The summed E-state index contributed by atoms with van der Waals surface area (Å²) in [6.45, 7) is 20.0. The van der Waals surface area contributed by atoms with E-state index in [0.29, 0.717) is 11.8 Å². The van der Waals surface area contributed by atoms with E-state index in [1.807, 2.05) is 0 Å². The summed E-state index contributed by atoms with van der Waals surface area (Å²) >= 11 is 0. The third-order valence-corrected chi connectivity index (χ3v) is 9.41. The van der Waals surface area contributed by atoms with Crippen LogP contribution in [0.4, 0.5) is 0 Å². The number of benzene rings is 1. The van der Waals surface area contributed by atoms with Crippen LogP contribution in [0.3, 0.4) is 0 Å². The van der Waals surface area contributed by atoms with Crippen molar-refractivity contribution in [1.82, 2.24) is 0 Å². The summed E-state index contributed by atoms with van der Waals surface area (Å²) in [6, 6.07) is 9.60. The summed E-state index contributed by atoms with van der Waals surface area (Å²) in [6.07, 6.45) is 8.56. The molecule has 0 heteroatoms. The van der Waals surface area contributed by atoms with Crippen LogP contribution in [-0.4, -0.2) is 0 Å². The summed E-state index contributed by atoms with van der Waals surface area (Å²) in [5.41, 5.74) is 3.35. The third-order valence-electron chi connectivity index (χ3n) is 9.41. The molecule has 0 aromatic heterocycles. The first-order chi connectivity index (χ1) is 14.2. The highest BCUT2D eigenvalue weighted by Crippen LogP contribution is 2.49. The molecule has 0 radical (unpaired) electrons. The molecule has 2 aliphatic rings. The standard InChI is InChI=1S/C30H50/c1-19(2)25-15-13-21(5)17-29(25)23(7)27-11-9-10-12-28(27)24(8)30-18-22(6)14-16-26(30)20(3)4/h9-12,19-26,29-30H,13-18H2,1-8H3. The number of rotatable bonds is 6. The molecule has 3 rings (SSSR count). The zero-order valence-electron chi connectivity index (χ0n) is 21.3. The second-order valence-electron chi connectivity index (χ2n) is 12.2. The molecule has 1 aromatic rings. The van der Waals surface area contributed by atoms with Crippen molar-refractivity contribution in [3.05, 3.63) is 35.4 Å². The second-order valence-corrected chi connectivity index (χ2v) is 12.2. The van der Waals surface area contributed by atoms with Crippen molar-refractivity contribution in [2.75, 3.05) is 0 Å². The van der Waals surface area contributed by atoms with Gasteiger partial charge >= 0.3 is 0 Å². The molecule has 0 amide bonds. The maximum atomic E-state index is 2.56. The van der Waals surface area contributed by atoms with Gasteiger partial charge in [0, 0.05) is 0 Å². The molecule has 2 aliphatic carbocycles. The molecule has 0 heterocycles. The molecule has 0 N–H and O–H groups in total. The fraction of sp³-hybridized carbons (Fsp3) is 0.800. The Morgan fingerprint density at radius 1 is 0.567 bits per heavy atom. The SMILES string of the molecule is CC1CCC(C(C)C)C(C(C)c2ccccc2C(C)C2CC(C)CCC2C(C)C)C1. The van der Waals surface area contributed by atoms with E-state index in [4.69, 9.17) is 0 Å². The molecule has 170 valence electrons. The van der Waals surface area contributed by atoms with Crippen LogP contribution in [0, 0.1) is 47.3 Å². The molecule has 8 atom stereocenters. The lowest BCUT2D eigenvalue weighted by Gasteiger charge is -2.43. The van der Waals surface area contributed by atoms with Gasteiger partial charge < -0.3 is 0 Å². The number of hydrogen-bond acceptors (Lipinski definition) is 0. The Morgan fingerprint density at radius 2 is 0.933 bits per heavy atom. The highest BCUT2D eigenvalue weighted by molar-refractivity contribution is 5.34. The average molecular weight is 411 g/mol. The van der Waals surface area contributed by atoms with Crippen molar-refractivity contribution in [2.24, 2.45) is 47.3 Å². The summed E-state index contributed by atoms with van der Waals surface area (Å²) in [5.74, 6) is 8.20. The van der Waals surface area contributed by atoms with Gasteiger partial charge in [0.15, 0.2) is 0 Å². The minimum atomic E-state index is 0.678. The zero-order valence-corrected chi connectivity index (χ0v) is 21.3. The highest BCUT2D eigenvalue weighted by Gasteiger charge is 2.38. The van der Waals surface area contributed by atoms with Crippen molar-refractivity contribution in [3.63, 3.8) is 0 Å². The Hall–Kier alpha value is -0.780. The second kappa shape index (κ2) is 10.2. The Labute approximate surface area is 188 Å². The van der Waals surface area contributed by atoms with Crippen LogP contribution in [0.2, 0.25) is 0 Å². The predicted octanol–water partition coefficient (Wildman–Crippen LogP) is 9.31. The van der Waals surface area contributed by atoms with Crippen molar-refractivity contribution in [1.29, 1.82) is 0 Å². The highest BCUT2D eigenvalue weighted by atomic mass is 14.4. The van der Waals surface area contributed by atoms with Gasteiger partial charge in [-0.05, 0) is 96.0 Å². The maximum Gasteiger partial charge on any atom is -0.0156 e. The van der Waals surface area contributed by atoms with E-state index >= 15 is 0 Å². The van der Waals surface area contributed by atoms with Gasteiger partial charge in [-0.1, -0.05) is 92.5 Å². The molecular weight excluding hydrogens is 360 g/mol. The fourth-order valence-electron chi connectivity index (χ4n) is 7.50. The molecule has 0 nitrogen and oxygen atoms in total. The quantitative estimate of drug-likeness (QED) is 0.438. The van der Waals surface area contributed by atoms with Gasteiger partial charge in [0.25, 0.3) is 0 Å². The van der Waals surface area contributed by atoms with Gasteiger partial charge in [-0.3, -0.25) is 0 Å². The van der Waals surface area contributed by atoms with Crippen molar-refractivity contribution >= 4 is 0 Å². The first-order valence-corrected chi connectivity index (χ1v) is 13.3. The first-order valence-electron chi connectivity index (χ1n) is 13.3. The molecule has 0 saturated heterocycles. The maximum absolute atomic E-state index is 2.56. The largest absolute Gasteiger partial charge is 0.0625 e. The predicted molar refractivity (Wildman–Crippen MR) is 133 cm³/mol. The molecule has 0 spiro atoms. The summed E-state index contributed by atoms with van der Waals surface area (Å²) < 4.78 is 0. The zero-order chi connectivity index (χ0) is 22.0. The molecule has 8 unspecified atom stereocenters. The van der Waals surface area contributed by atoms with Gasteiger partial charge in [0.2, 0.25) is 0 Å². The van der Waals surface area contributed by atoms with Crippen LogP contribution in [0.15, 0.2) is 24.3 Å². The fourth-order valence-corrected chi connectivity index (χ4v) is 7.50. The average Bonchev–Trinajstić information content (AvgIpc) is 2.72. The van der Waals surface area contributed by atoms with E-state index < -0.39 is 0 Å². The molecule has 0 bridgehead atoms. The van der Waals surface area contributed by atoms with Crippen LogP contribution in [0.1, 0.15) is 117 Å². The van der Waals surface area contributed by atoms with Crippen molar-refractivity contribution < 1.29 is 0 Å². The minimum absolute atomic E-state index is 0.678. The molecule has 1 aromatic carbocycles. The lowest BCUT2D eigenvalue weighted by atomic mass is 9.61. The summed E-state index contributed by atoms with van der Waals surface area (Å²) in [4.78, 5) is 0. The van der Waals surface area contributed by atoms with E-state index in [1.54, 1.807) is 11.1 Å². The van der Waals surface area contributed by atoms with Gasteiger partial charge in [0.1, 0.15) is 0 Å². The summed E-state index contributed by atoms with van der Waals surface area (Å²) in [7, 11) is 0. The summed E-state index contributed by atoms with van der Waals surface area (Å²) in [5, 5.41) is 0. The van der Waals surface area contributed by atoms with Gasteiger partial charge in [-0.15, -0.1) is 0 Å². The molecule has 2 fully saturated rings. The smallest absolute Gasteiger partial charge is 0.0156 e. The monoisotopic (exact) mass is 410 g/mol. The Kier molecular flexibility index (Phi) is 8.14. The van der Waals surface area contributed by atoms with E-state index in [9.17, 15) is 0 Å². The van der Waals surface area contributed by atoms with Crippen LogP contribution in [-0.2, 0) is 0 Å². The first kappa shape index (κ1) is 23.9. The molecular formula is C30H50. The number of hydrogen-bond donors (Lipinski definition) is 0.